The Hall–Kier alpha value is -1.42. The third kappa shape index (κ3) is 2.89. The molecule has 3 aliphatic rings. The van der Waals surface area contributed by atoms with Gasteiger partial charge in [-0.25, -0.2) is 0 Å². The van der Waals surface area contributed by atoms with Gasteiger partial charge in [0, 0.05) is 16.4 Å². The highest BCUT2D eigenvalue weighted by Crippen LogP contribution is 2.73. The van der Waals surface area contributed by atoms with Gasteiger partial charge < -0.3 is 19.1 Å². The molecule has 0 amide bonds. The molecule has 1 N–H and O–H groups in total. The summed E-state index contributed by atoms with van der Waals surface area (Å²) in [7, 11) is 0. The second kappa shape index (κ2) is 6.80. The van der Waals surface area contributed by atoms with Gasteiger partial charge in [-0.15, -0.1) is 0 Å². The fourth-order valence-electron chi connectivity index (χ4n) is 8.26. The number of rotatable bonds is 5. The van der Waals surface area contributed by atoms with Gasteiger partial charge in [-0.3, -0.25) is 0 Å². The largest absolute Gasteiger partial charge is 0.472 e. The third-order valence-corrected chi connectivity index (χ3v) is 9.75. The number of aliphatic hydroxyl groups excluding tert-OH is 1. The van der Waals surface area contributed by atoms with Gasteiger partial charge in [-0.1, -0.05) is 34.1 Å². The van der Waals surface area contributed by atoms with E-state index in [4.69, 9.17) is 4.42 Å². The standard InChI is InChI=1S/C25H36O4/c1-22(15-26)8-5-9-24(3)19(22)6-10-25(4)20(23(2,16-27)13-21(24)25)12-18(28)17-7-11-29-14-17/h7,11,14-16,18-21,28H,5-6,8-10,12-13H2,1-4H3/t18-,19-,20+,21+,22-,23+,24-,25-/m1/s1. The minimum Gasteiger partial charge on any atom is -0.472 e. The summed E-state index contributed by atoms with van der Waals surface area (Å²) in [5.41, 5.74) is 0.154. The van der Waals surface area contributed by atoms with E-state index in [-0.39, 0.29) is 22.2 Å². The molecule has 8 atom stereocenters. The van der Waals surface area contributed by atoms with Crippen molar-refractivity contribution in [2.75, 3.05) is 0 Å². The van der Waals surface area contributed by atoms with Crippen molar-refractivity contribution < 1.29 is 19.1 Å². The Morgan fingerprint density at radius 1 is 1.07 bits per heavy atom. The van der Waals surface area contributed by atoms with Crippen LogP contribution in [-0.2, 0) is 9.59 Å². The Morgan fingerprint density at radius 3 is 2.41 bits per heavy atom. The molecule has 29 heavy (non-hydrogen) atoms. The van der Waals surface area contributed by atoms with Crippen molar-refractivity contribution in [2.45, 2.75) is 78.7 Å². The molecule has 0 unspecified atom stereocenters. The van der Waals surface area contributed by atoms with E-state index < -0.39 is 11.5 Å². The highest BCUT2D eigenvalue weighted by molar-refractivity contribution is 5.62. The number of fused-ring (bicyclic) bond motifs is 3. The Labute approximate surface area is 174 Å². The number of furan rings is 1. The molecule has 1 heterocycles. The Kier molecular flexibility index (Phi) is 4.88. The van der Waals surface area contributed by atoms with Crippen molar-refractivity contribution in [3.8, 4) is 0 Å². The van der Waals surface area contributed by atoms with Crippen LogP contribution in [0.1, 0.15) is 84.3 Å². The van der Waals surface area contributed by atoms with Crippen LogP contribution in [0.25, 0.3) is 0 Å². The normalized spacial score (nSPS) is 47.8. The van der Waals surface area contributed by atoms with Gasteiger partial charge >= 0.3 is 0 Å². The van der Waals surface area contributed by atoms with Gasteiger partial charge in [0.1, 0.15) is 12.6 Å². The summed E-state index contributed by atoms with van der Waals surface area (Å²) < 4.78 is 5.17. The van der Waals surface area contributed by atoms with Crippen LogP contribution in [0.15, 0.2) is 23.0 Å². The number of aldehydes is 2. The lowest BCUT2D eigenvalue weighted by Crippen LogP contribution is -2.55. The van der Waals surface area contributed by atoms with Crippen molar-refractivity contribution >= 4 is 12.6 Å². The van der Waals surface area contributed by atoms with Crippen molar-refractivity contribution in [3.05, 3.63) is 24.2 Å². The van der Waals surface area contributed by atoms with Gasteiger partial charge in [0.25, 0.3) is 0 Å². The molecule has 3 fully saturated rings. The van der Waals surface area contributed by atoms with Crippen molar-refractivity contribution in [3.63, 3.8) is 0 Å². The molecule has 4 nitrogen and oxygen atoms in total. The van der Waals surface area contributed by atoms with E-state index in [0.29, 0.717) is 18.3 Å². The maximum Gasteiger partial charge on any atom is 0.126 e. The minimum absolute atomic E-state index is 0.00718. The summed E-state index contributed by atoms with van der Waals surface area (Å²) in [4.78, 5) is 24.5. The Morgan fingerprint density at radius 2 is 1.79 bits per heavy atom. The van der Waals surface area contributed by atoms with Crippen LogP contribution in [0.2, 0.25) is 0 Å². The van der Waals surface area contributed by atoms with E-state index >= 15 is 0 Å². The van der Waals surface area contributed by atoms with E-state index in [1.807, 2.05) is 6.07 Å². The van der Waals surface area contributed by atoms with E-state index in [2.05, 4.69) is 27.7 Å². The predicted molar refractivity (Wildman–Crippen MR) is 111 cm³/mol. The summed E-state index contributed by atoms with van der Waals surface area (Å²) >= 11 is 0. The first kappa shape index (κ1) is 20.8. The third-order valence-electron chi connectivity index (χ3n) is 9.75. The highest BCUT2D eigenvalue weighted by Gasteiger charge is 2.67. The minimum atomic E-state index is -0.620. The van der Waals surface area contributed by atoms with Crippen LogP contribution in [0.3, 0.4) is 0 Å². The van der Waals surface area contributed by atoms with Gasteiger partial charge in [0.05, 0.1) is 18.6 Å². The van der Waals surface area contributed by atoms with E-state index in [1.54, 1.807) is 12.5 Å². The van der Waals surface area contributed by atoms with E-state index in [0.717, 1.165) is 50.4 Å². The predicted octanol–water partition coefficient (Wildman–Crippen LogP) is 5.36. The van der Waals surface area contributed by atoms with Crippen LogP contribution >= 0.6 is 0 Å². The molecular weight excluding hydrogens is 364 g/mol. The van der Waals surface area contributed by atoms with Crippen LogP contribution in [-0.4, -0.2) is 17.7 Å². The first-order chi connectivity index (χ1) is 13.6. The van der Waals surface area contributed by atoms with Gasteiger partial charge in [0.15, 0.2) is 0 Å². The molecule has 0 spiro atoms. The molecule has 4 heteroatoms. The lowest BCUT2D eigenvalue weighted by molar-refractivity contribution is -0.149. The average Bonchev–Trinajstić information content (AvgIpc) is 3.30. The van der Waals surface area contributed by atoms with Crippen LogP contribution < -0.4 is 0 Å². The molecule has 1 aromatic heterocycles. The summed E-state index contributed by atoms with van der Waals surface area (Å²) in [5.74, 6) is 0.891. The Balaban J connectivity index is 1.71. The van der Waals surface area contributed by atoms with Crippen molar-refractivity contribution in [2.24, 2.45) is 39.4 Å². The van der Waals surface area contributed by atoms with Crippen molar-refractivity contribution in [1.82, 2.24) is 0 Å². The molecule has 160 valence electrons. The molecule has 0 radical (unpaired) electrons. The molecule has 0 aliphatic heterocycles. The van der Waals surface area contributed by atoms with Gasteiger partial charge in [-0.2, -0.15) is 0 Å². The number of carbonyl (C=O) groups is 2. The van der Waals surface area contributed by atoms with Gasteiger partial charge in [-0.05, 0) is 73.2 Å². The smallest absolute Gasteiger partial charge is 0.126 e. The number of carbonyl (C=O) groups excluding carboxylic acids is 2. The van der Waals surface area contributed by atoms with Crippen LogP contribution in [0.4, 0.5) is 0 Å². The Bertz CT molecular complexity index is 772. The van der Waals surface area contributed by atoms with Crippen LogP contribution in [0.5, 0.6) is 0 Å². The van der Waals surface area contributed by atoms with Crippen LogP contribution in [0, 0.1) is 39.4 Å². The summed E-state index contributed by atoms with van der Waals surface area (Å²) in [6.45, 7) is 8.99. The van der Waals surface area contributed by atoms with E-state index in [1.165, 1.54) is 6.29 Å². The fourth-order valence-corrected chi connectivity index (χ4v) is 8.26. The molecule has 4 rings (SSSR count). The summed E-state index contributed by atoms with van der Waals surface area (Å²) in [6, 6.07) is 1.81. The number of hydrogen-bond acceptors (Lipinski definition) is 4. The maximum atomic E-state index is 12.4. The summed E-state index contributed by atoms with van der Waals surface area (Å²) in [6.07, 6.45) is 11.6. The SMILES string of the molecule is C[C@]12CC[C@H]3[C@@](C)(CCC[C@]3(C)C=O)[C@@H]1C[C@@](C)(C=O)[C@@H]2C[C@@H](O)c1ccoc1. The maximum absolute atomic E-state index is 12.4. The zero-order valence-corrected chi connectivity index (χ0v) is 18.3. The molecule has 3 saturated carbocycles. The quantitative estimate of drug-likeness (QED) is 0.676. The lowest BCUT2D eigenvalue weighted by atomic mass is 9.43. The summed E-state index contributed by atoms with van der Waals surface area (Å²) in [5, 5.41) is 10.9. The molecular formula is C25H36O4. The molecule has 0 aromatic carbocycles. The number of aliphatic hydroxyl groups is 1. The van der Waals surface area contributed by atoms with Crippen molar-refractivity contribution in [1.29, 1.82) is 0 Å². The highest BCUT2D eigenvalue weighted by atomic mass is 16.3. The molecule has 0 bridgehead atoms. The van der Waals surface area contributed by atoms with Gasteiger partial charge in [0.2, 0.25) is 0 Å². The average molecular weight is 401 g/mol. The molecule has 0 saturated heterocycles. The zero-order valence-electron chi connectivity index (χ0n) is 18.3. The topological polar surface area (TPSA) is 67.5 Å². The first-order valence-corrected chi connectivity index (χ1v) is 11.3. The fraction of sp³-hybridized carbons (Fsp3) is 0.760. The second-order valence-corrected chi connectivity index (χ2v) is 11.3. The number of hydrogen-bond donors (Lipinski definition) is 1. The monoisotopic (exact) mass is 400 g/mol. The lowest BCUT2D eigenvalue weighted by Gasteiger charge is -2.61. The molecule has 3 aliphatic carbocycles. The van der Waals surface area contributed by atoms with E-state index in [9.17, 15) is 14.7 Å². The second-order valence-electron chi connectivity index (χ2n) is 11.3. The first-order valence-electron chi connectivity index (χ1n) is 11.3. The molecule has 1 aromatic rings. The zero-order chi connectivity index (χ0) is 21.1.